The van der Waals surface area contributed by atoms with Crippen LogP contribution in [-0.2, 0) is 9.59 Å². The van der Waals surface area contributed by atoms with Crippen molar-refractivity contribution in [3.63, 3.8) is 0 Å². The number of hydrogen-bond donors (Lipinski definition) is 2. The molecule has 0 radical (unpaired) electrons. The van der Waals surface area contributed by atoms with Crippen molar-refractivity contribution in [2.45, 2.75) is 13.8 Å². The van der Waals surface area contributed by atoms with Gasteiger partial charge in [0.15, 0.2) is 6.61 Å². The Morgan fingerprint density at radius 1 is 1.08 bits per heavy atom. The van der Waals surface area contributed by atoms with Crippen molar-refractivity contribution in [3.05, 3.63) is 71.0 Å². The van der Waals surface area contributed by atoms with E-state index in [1.807, 2.05) is 26.0 Å². The van der Waals surface area contributed by atoms with Crippen molar-refractivity contribution < 1.29 is 18.7 Å². The monoisotopic (exact) mass is 342 g/mol. The Kier molecular flexibility index (Phi) is 6.28. The summed E-state index contributed by atoms with van der Waals surface area (Å²) in [5.74, 6) is -0.728. The normalized spacial score (nSPS) is 10.5. The summed E-state index contributed by atoms with van der Waals surface area (Å²) in [6.07, 6.45) is 2.74. The molecule has 0 spiro atoms. The fourth-order valence-corrected chi connectivity index (χ4v) is 2.06. The number of carbonyl (C=O) groups is 2. The van der Waals surface area contributed by atoms with E-state index in [4.69, 9.17) is 4.74 Å². The molecule has 2 aromatic rings. The lowest BCUT2D eigenvalue weighted by Crippen LogP contribution is -2.43. The van der Waals surface area contributed by atoms with Gasteiger partial charge in [-0.2, -0.15) is 0 Å². The number of amides is 2. The SMILES string of the molecule is Cc1ccc(OCC(=O)NNC(=O)C=Cc2ccc(F)cc2)c(C)c1. The molecule has 0 bridgehead atoms. The predicted octanol–water partition coefficient (Wildman–Crippen LogP) is 2.68. The maximum absolute atomic E-state index is 12.8. The maximum Gasteiger partial charge on any atom is 0.276 e. The Morgan fingerprint density at radius 3 is 2.48 bits per heavy atom. The van der Waals surface area contributed by atoms with Crippen LogP contribution in [0.5, 0.6) is 5.75 Å². The summed E-state index contributed by atoms with van der Waals surface area (Å²) in [6, 6.07) is 11.3. The van der Waals surface area contributed by atoms with E-state index in [1.165, 1.54) is 36.4 Å². The van der Waals surface area contributed by atoms with Crippen LogP contribution in [0.15, 0.2) is 48.5 Å². The lowest BCUT2D eigenvalue weighted by molar-refractivity contribution is -0.128. The summed E-state index contributed by atoms with van der Waals surface area (Å²) in [4.78, 5) is 23.3. The average Bonchev–Trinajstić information content (AvgIpc) is 2.58. The highest BCUT2D eigenvalue weighted by Gasteiger charge is 2.05. The van der Waals surface area contributed by atoms with Gasteiger partial charge in [0.2, 0.25) is 0 Å². The third kappa shape index (κ3) is 6.10. The highest BCUT2D eigenvalue weighted by molar-refractivity contribution is 5.93. The fraction of sp³-hybridized carbons (Fsp3) is 0.158. The molecule has 2 aromatic carbocycles. The molecule has 0 fully saturated rings. The topological polar surface area (TPSA) is 67.4 Å². The lowest BCUT2D eigenvalue weighted by Gasteiger charge is -2.10. The lowest BCUT2D eigenvalue weighted by atomic mass is 10.1. The second-order valence-corrected chi connectivity index (χ2v) is 5.48. The number of benzene rings is 2. The molecule has 2 rings (SSSR count). The standard InChI is InChI=1S/C19H19FN2O3/c1-13-3-9-17(14(2)11-13)25-12-19(24)22-21-18(23)10-6-15-4-7-16(20)8-5-15/h3-11H,12H2,1-2H3,(H,21,23)(H,22,24). The van der Waals surface area contributed by atoms with Gasteiger partial charge in [0, 0.05) is 6.08 Å². The third-order valence-electron chi connectivity index (χ3n) is 3.31. The van der Waals surface area contributed by atoms with Gasteiger partial charge in [0.05, 0.1) is 0 Å². The first-order chi connectivity index (χ1) is 11.9. The zero-order chi connectivity index (χ0) is 18.2. The molecule has 2 amide bonds. The molecule has 0 aliphatic carbocycles. The minimum absolute atomic E-state index is 0.216. The van der Waals surface area contributed by atoms with Crippen molar-refractivity contribution in [2.75, 3.05) is 6.61 Å². The van der Waals surface area contributed by atoms with Crippen molar-refractivity contribution in [3.8, 4) is 5.75 Å². The molecule has 0 unspecified atom stereocenters. The van der Waals surface area contributed by atoms with Crippen LogP contribution >= 0.6 is 0 Å². The van der Waals surface area contributed by atoms with Gasteiger partial charge in [-0.1, -0.05) is 29.8 Å². The first-order valence-electron chi connectivity index (χ1n) is 7.66. The van der Waals surface area contributed by atoms with E-state index in [0.717, 1.165) is 11.1 Å². The van der Waals surface area contributed by atoms with E-state index >= 15 is 0 Å². The van der Waals surface area contributed by atoms with E-state index in [1.54, 1.807) is 6.07 Å². The molecule has 0 saturated carbocycles. The quantitative estimate of drug-likeness (QED) is 0.648. The molecule has 2 N–H and O–H groups in total. The maximum atomic E-state index is 12.8. The molecular formula is C19H19FN2O3. The second kappa shape index (κ2) is 8.63. The molecule has 0 heterocycles. The van der Waals surface area contributed by atoms with Crippen LogP contribution in [0, 0.1) is 19.7 Å². The Labute approximate surface area is 145 Å². The molecule has 0 saturated heterocycles. The molecule has 0 atom stereocenters. The number of carbonyl (C=O) groups excluding carboxylic acids is 2. The van der Waals surface area contributed by atoms with Crippen LogP contribution in [-0.4, -0.2) is 18.4 Å². The van der Waals surface area contributed by atoms with E-state index in [2.05, 4.69) is 10.9 Å². The Bertz CT molecular complexity index is 786. The van der Waals surface area contributed by atoms with E-state index in [-0.39, 0.29) is 12.4 Å². The van der Waals surface area contributed by atoms with E-state index < -0.39 is 11.8 Å². The van der Waals surface area contributed by atoms with E-state index in [0.29, 0.717) is 11.3 Å². The van der Waals surface area contributed by atoms with Crippen molar-refractivity contribution >= 4 is 17.9 Å². The first-order valence-corrected chi connectivity index (χ1v) is 7.66. The van der Waals surface area contributed by atoms with Gasteiger partial charge in [-0.25, -0.2) is 4.39 Å². The molecule has 130 valence electrons. The predicted molar refractivity (Wildman–Crippen MR) is 93.1 cm³/mol. The number of rotatable bonds is 5. The second-order valence-electron chi connectivity index (χ2n) is 5.48. The molecular weight excluding hydrogens is 323 g/mol. The van der Waals surface area contributed by atoms with Crippen LogP contribution in [0.25, 0.3) is 6.08 Å². The largest absolute Gasteiger partial charge is 0.483 e. The molecule has 25 heavy (non-hydrogen) atoms. The number of aryl methyl sites for hydroxylation is 2. The zero-order valence-electron chi connectivity index (χ0n) is 14.0. The third-order valence-corrected chi connectivity index (χ3v) is 3.31. The van der Waals surface area contributed by atoms with Gasteiger partial charge < -0.3 is 4.74 Å². The highest BCUT2D eigenvalue weighted by Crippen LogP contribution is 2.18. The number of nitrogens with one attached hydrogen (secondary N) is 2. The summed E-state index contributed by atoms with van der Waals surface area (Å²) in [6.45, 7) is 3.65. The molecule has 6 heteroatoms. The number of halogens is 1. The Balaban J connectivity index is 1.75. The van der Waals surface area contributed by atoms with Crippen LogP contribution in [0.3, 0.4) is 0 Å². The van der Waals surface area contributed by atoms with E-state index in [9.17, 15) is 14.0 Å². The van der Waals surface area contributed by atoms with Crippen LogP contribution in [0.4, 0.5) is 4.39 Å². The van der Waals surface area contributed by atoms with Crippen molar-refractivity contribution in [1.29, 1.82) is 0 Å². The highest BCUT2D eigenvalue weighted by atomic mass is 19.1. The average molecular weight is 342 g/mol. The summed E-state index contributed by atoms with van der Waals surface area (Å²) in [5.41, 5.74) is 7.20. The molecule has 0 aromatic heterocycles. The van der Waals surface area contributed by atoms with Crippen molar-refractivity contribution in [1.82, 2.24) is 10.9 Å². The van der Waals surface area contributed by atoms with Gasteiger partial charge in [-0.15, -0.1) is 0 Å². The summed E-state index contributed by atoms with van der Waals surface area (Å²) in [7, 11) is 0. The molecule has 5 nitrogen and oxygen atoms in total. The molecule has 0 aliphatic rings. The number of hydrogen-bond acceptors (Lipinski definition) is 3. The summed E-state index contributed by atoms with van der Waals surface area (Å²) >= 11 is 0. The van der Waals surface area contributed by atoms with Gasteiger partial charge in [-0.3, -0.25) is 20.4 Å². The fourth-order valence-electron chi connectivity index (χ4n) is 2.06. The summed E-state index contributed by atoms with van der Waals surface area (Å²) < 4.78 is 18.2. The van der Waals surface area contributed by atoms with Gasteiger partial charge in [0.25, 0.3) is 11.8 Å². The molecule has 0 aliphatic heterocycles. The van der Waals surface area contributed by atoms with Gasteiger partial charge >= 0.3 is 0 Å². The smallest absolute Gasteiger partial charge is 0.276 e. The van der Waals surface area contributed by atoms with Gasteiger partial charge in [0.1, 0.15) is 11.6 Å². The first kappa shape index (κ1) is 18.2. The van der Waals surface area contributed by atoms with Crippen LogP contribution in [0.2, 0.25) is 0 Å². The van der Waals surface area contributed by atoms with Crippen molar-refractivity contribution in [2.24, 2.45) is 0 Å². The minimum Gasteiger partial charge on any atom is -0.483 e. The van der Waals surface area contributed by atoms with Gasteiger partial charge in [-0.05, 0) is 49.2 Å². The van der Waals surface area contributed by atoms with Crippen LogP contribution < -0.4 is 15.6 Å². The Hall–Kier alpha value is -3.15. The zero-order valence-corrected chi connectivity index (χ0v) is 14.0. The Morgan fingerprint density at radius 2 is 1.80 bits per heavy atom. The number of ether oxygens (including phenoxy) is 1. The summed E-state index contributed by atoms with van der Waals surface area (Å²) in [5, 5.41) is 0. The van der Waals surface area contributed by atoms with Crippen LogP contribution in [0.1, 0.15) is 16.7 Å². The minimum atomic E-state index is -0.510. The number of hydrazine groups is 1.